The van der Waals surface area contributed by atoms with Gasteiger partial charge in [-0.25, -0.2) is 19.4 Å². The third kappa shape index (κ3) is 5.32. The van der Waals surface area contributed by atoms with Crippen LogP contribution in [0.5, 0.6) is 0 Å². The molecular weight excluding hydrogens is 268 g/mol. The first-order valence-electron chi connectivity index (χ1n) is 6.42. The van der Waals surface area contributed by atoms with Gasteiger partial charge >= 0.3 is 11.9 Å². The van der Waals surface area contributed by atoms with E-state index in [1.54, 1.807) is 18.2 Å². The fourth-order valence-electron chi connectivity index (χ4n) is 1.64. The van der Waals surface area contributed by atoms with Crippen molar-refractivity contribution in [2.24, 2.45) is 0 Å². The topological polar surface area (TPSA) is 52.6 Å². The van der Waals surface area contributed by atoms with E-state index in [2.05, 4.69) is 9.78 Å². The van der Waals surface area contributed by atoms with Gasteiger partial charge in [-0.15, -0.1) is 0 Å². The summed E-state index contributed by atoms with van der Waals surface area (Å²) in [5.74, 6) is -1.36. The number of hydrogen-bond donors (Lipinski definition) is 0. The number of rotatable bonds is 4. The molecule has 0 bridgehead atoms. The van der Waals surface area contributed by atoms with Gasteiger partial charge in [0.25, 0.3) is 0 Å². The first-order valence-corrected chi connectivity index (χ1v) is 6.42. The highest BCUT2D eigenvalue weighted by molar-refractivity contribution is 5.87. The molecule has 2 aromatic rings. The Balaban J connectivity index is 1.76. The van der Waals surface area contributed by atoms with E-state index in [0.717, 1.165) is 11.1 Å². The summed E-state index contributed by atoms with van der Waals surface area (Å²) in [5.41, 5.74) is 1.64. The Kier molecular flexibility index (Phi) is 5.29. The molecule has 106 valence electrons. The number of carbonyl (C=O) groups is 2. The van der Waals surface area contributed by atoms with Crippen LogP contribution >= 0.6 is 0 Å². The lowest BCUT2D eigenvalue weighted by Gasteiger charge is -2.01. The molecule has 0 saturated carbocycles. The molecule has 0 aliphatic rings. The SMILES string of the molecule is O=C(/C=C/c1ccccc1)OOC(=O)Cc1ccccc1. The van der Waals surface area contributed by atoms with Crippen LogP contribution in [0.15, 0.2) is 66.7 Å². The maximum absolute atomic E-state index is 11.5. The Morgan fingerprint density at radius 3 is 2.14 bits per heavy atom. The average molecular weight is 282 g/mol. The highest BCUT2D eigenvalue weighted by atomic mass is 17.2. The van der Waals surface area contributed by atoms with E-state index < -0.39 is 11.9 Å². The van der Waals surface area contributed by atoms with Crippen molar-refractivity contribution in [3.05, 3.63) is 77.9 Å². The molecule has 0 atom stereocenters. The van der Waals surface area contributed by atoms with Crippen molar-refractivity contribution in [3.63, 3.8) is 0 Å². The molecule has 0 N–H and O–H groups in total. The summed E-state index contributed by atoms with van der Waals surface area (Å²) in [4.78, 5) is 31.7. The van der Waals surface area contributed by atoms with Gasteiger partial charge in [-0.2, -0.15) is 0 Å². The van der Waals surface area contributed by atoms with E-state index in [0.29, 0.717) is 0 Å². The largest absolute Gasteiger partial charge is 0.379 e. The van der Waals surface area contributed by atoms with E-state index >= 15 is 0 Å². The predicted molar refractivity (Wildman–Crippen MR) is 77.8 cm³/mol. The Hall–Kier alpha value is -2.88. The monoisotopic (exact) mass is 282 g/mol. The van der Waals surface area contributed by atoms with Gasteiger partial charge < -0.3 is 0 Å². The van der Waals surface area contributed by atoms with Gasteiger partial charge in [0.1, 0.15) is 0 Å². The van der Waals surface area contributed by atoms with Crippen LogP contribution < -0.4 is 0 Å². The second kappa shape index (κ2) is 7.65. The smallest absolute Gasteiger partial charge is 0.247 e. The first-order chi connectivity index (χ1) is 10.2. The zero-order valence-electron chi connectivity index (χ0n) is 11.3. The zero-order chi connectivity index (χ0) is 14.9. The fourth-order valence-corrected chi connectivity index (χ4v) is 1.64. The molecule has 0 spiro atoms. The molecule has 2 rings (SSSR count). The van der Waals surface area contributed by atoms with Crippen molar-refractivity contribution in [1.29, 1.82) is 0 Å². The van der Waals surface area contributed by atoms with Crippen LogP contribution in [0.3, 0.4) is 0 Å². The molecule has 0 amide bonds. The van der Waals surface area contributed by atoms with Gasteiger partial charge in [-0.05, 0) is 17.2 Å². The molecule has 0 aliphatic carbocycles. The lowest BCUT2D eigenvalue weighted by atomic mass is 10.2. The number of carbonyl (C=O) groups excluding carboxylic acids is 2. The summed E-state index contributed by atoms with van der Waals surface area (Å²) in [6.07, 6.45) is 2.83. The van der Waals surface area contributed by atoms with Crippen LogP contribution in [-0.2, 0) is 25.8 Å². The van der Waals surface area contributed by atoms with Crippen molar-refractivity contribution in [2.45, 2.75) is 6.42 Å². The van der Waals surface area contributed by atoms with Crippen molar-refractivity contribution in [1.82, 2.24) is 0 Å². The Labute approximate surface area is 122 Å². The van der Waals surface area contributed by atoms with Crippen molar-refractivity contribution < 1.29 is 19.4 Å². The van der Waals surface area contributed by atoms with E-state index in [4.69, 9.17) is 0 Å². The summed E-state index contributed by atoms with van der Waals surface area (Å²) in [6, 6.07) is 18.3. The van der Waals surface area contributed by atoms with Crippen LogP contribution in [0.2, 0.25) is 0 Å². The molecule has 2 aromatic carbocycles. The Bertz CT molecular complexity index is 618. The number of benzene rings is 2. The summed E-state index contributed by atoms with van der Waals surface area (Å²) in [5, 5.41) is 0. The van der Waals surface area contributed by atoms with E-state index in [1.165, 1.54) is 6.08 Å². The molecule has 4 nitrogen and oxygen atoms in total. The van der Waals surface area contributed by atoms with Crippen LogP contribution in [0.25, 0.3) is 6.08 Å². The summed E-state index contributed by atoms with van der Waals surface area (Å²) >= 11 is 0. The van der Waals surface area contributed by atoms with Crippen LogP contribution in [-0.4, -0.2) is 11.9 Å². The zero-order valence-corrected chi connectivity index (χ0v) is 11.3. The predicted octanol–water partition coefficient (Wildman–Crippen LogP) is 2.94. The second-order valence-corrected chi connectivity index (χ2v) is 4.26. The maximum Gasteiger partial charge on any atom is 0.379 e. The third-order valence-corrected chi connectivity index (χ3v) is 2.62. The summed E-state index contributed by atoms with van der Waals surface area (Å²) in [7, 11) is 0. The first kappa shape index (κ1) is 14.5. The molecule has 0 fully saturated rings. The fraction of sp³-hybridized carbons (Fsp3) is 0.0588. The summed E-state index contributed by atoms with van der Waals surface area (Å²) < 4.78 is 0. The molecular formula is C17H14O4. The lowest BCUT2D eigenvalue weighted by Crippen LogP contribution is -2.11. The highest BCUT2D eigenvalue weighted by Crippen LogP contribution is 2.03. The molecule has 21 heavy (non-hydrogen) atoms. The van der Waals surface area contributed by atoms with E-state index in [9.17, 15) is 9.59 Å². The standard InChI is InChI=1S/C17H14O4/c18-16(12-11-14-7-3-1-4-8-14)20-21-17(19)13-15-9-5-2-6-10-15/h1-12H,13H2/b12-11+. The quantitative estimate of drug-likeness (QED) is 0.491. The molecule has 0 heterocycles. The maximum atomic E-state index is 11.5. The van der Waals surface area contributed by atoms with Crippen molar-refractivity contribution in [3.8, 4) is 0 Å². The Morgan fingerprint density at radius 2 is 1.48 bits per heavy atom. The van der Waals surface area contributed by atoms with Gasteiger partial charge in [0.15, 0.2) is 0 Å². The third-order valence-electron chi connectivity index (χ3n) is 2.62. The second-order valence-electron chi connectivity index (χ2n) is 4.26. The summed E-state index contributed by atoms with van der Waals surface area (Å²) in [6.45, 7) is 0. The van der Waals surface area contributed by atoms with Gasteiger partial charge in [0.2, 0.25) is 0 Å². The van der Waals surface area contributed by atoms with Crippen molar-refractivity contribution in [2.75, 3.05) is 0 Å². The normalized spacial score (nSPS) is 10.3. The van der Waals surface area contributed by atoms with Gasteiger partial charge in [0, 0.05) is 6.08 Å². The molecule has 0 aliphatic heterocycles. The van der Waals surface area contributed by atoms with Gasteiger partial charge in [-0.3, -0.25) is 0 Å². The Morgan fingerprint density at radius 1 is 0.857 bits per heavy atom. The number of hydrogen-bond acceptors (Lipinski definition) is 4. The van der Waals surface area contributed by atoms with Gasteiger partial charge in [0.05, 0.1) is 6.42 Å². The molecule has 0 radical (unpaired) electrons. The minimum atomic E-state index is -0.736. The van der Waals surface area contributed by atoms with Crippen LogP contribution in [0, 0.1) is 0 Å². The van der Waals surface area contributed by atoms with E-state index in [-0.39, 0.29) is 6.42 Å². The molecule has 0 unspecified atom stereocenters. The van der Waals surface area contributed by atoms with Crippen molar-refractivity contribution >= 4 is 18.0 Å². The van der Waals surface area contributed by atoms with Crippen LogP contribution in [0.4, 0.5) is 0 Å². The minimum absolute atomic E-state index is 0.0521. The minimum Gasteiger partial charge on any atom is -0.247 e. The van der Waals surface area contributed by atoms with E-state index in [1.807, 2.05) is 48.5 Å². The highest BCUT2D eigenvalue weighted by Gasteiger charge is 2.08. The molecule has 0 aromatic heterocycles. The van der Waals surface area contributed by atoms with Crippen LogP contribution in [0.1, 0.15) is 11.1 Å². The lowest BCUT2D eigenvalue weighted by molar-refractivity contribution is -0.254. The average Bonchev–Trinajstić information content (AvgIpc) is 2.53. The molecule has 0 saturated heterocycles. The molecule has 4 heteroatoms. The van der Waals surface area contributed by atoms with Gasteiger partial charge in [-0.1, -0.05) is 60.7 Å².